The monoisotopic (exact) mass is 172 g/mol. The van der Waals surface area contributed by atoms with E-state index in [0.717, 1.165) is 5.56 Å². The Bertz CT molecular complexity index is 327. The van der Waals surface area contributed by atoms with Gasteiger partial charge in [-0.3, -0.25) is 4.79 Å². The summed E-state index contributed by atoms with van der Waals surface area (Å²) in [6.07, 6.45) is 0.862. The maximum Gasteiger partial charge on any atom is 0.149 e. The average molecular weight is 172 g/mol. The SMILES string of the molecule is CC#CCC(=O)Cc1ccccc1. The maximum absolute atomic E-state index is 11.3. The van der Waals surface area contributed by atoms with Gasteiger partial charge in [0.15, 0.2) is 0 Å². The zero-order valence-corrected chi connectivity index (χ0v) is 7.71. The standard InChI is InChI=1S/C12H12O/c1-2-3-9-12(13)10-11-7-5-4-6-8-11/h4-8H,9-10H2,1H3. The lowest BCUT2D eigenvalue weighted by molar-refractivity contribution is -0.117. The van der Waals surface area contributed by atoms with Gasteiger partial charge in [0.25, 0.3) is 0 Å². The summed E-state index contributed by atoms with van der Waals surface area (Å²) < 4.78 is 0. The van der Waals surface area contributed by atoms with Gasteiger partial charge in [0.05, 0.1) is 6.42 Å². The molecule has 1 rings (SSSR count). The quantitative estimate of drug-likeness (QED) is 0.639. The molecule has 0 aliphatic heterocycles. The number of Topliss-reactive ketones (excluding diaryl/α,β-unsaturated/α-hetero) is 1. The van der Waals surface area contributed by atoms with E-state index in [1.807, 2.05) is 30.3 Å². The van der Waals surface area contributed by atoms with E-state index in [1.165, 1.54) is 0 Å². The van der Waals surface area contributed by atoms with E-state index in [9.17, 15) is 4.79 Å². The highest BCUT2D eigenvalue weighted by molar-refractivity contribution is 5.82. The number of benzene rings is 1. The van der Waals surface area contributed by atoms with Gasteiger partial charge in [0.2, 0.25) is 0 Å². The van der Waals surface area contributed by atoms with Gasteiger partial charge in [-0.05, 0) is 12.5 Å². The van der Waals surface area contributed by atoms with Gasteiger partial charge in [-0.25, -0.2) is 0 Å². The van der Waals surface area contributed by atoms with Crippen molar-refractivity contribution in [1.82, 2.24) is 0 Å². The largest absolute Gasteiger partial charge is 0.298 e. The van der Waals surface area contributed by atoms with E-state index in [0.29, 0.717) is 12.8 Å². The molecule has 0 radical (unpaired) electrons. The van der Waals surface area contributed by atoms with Crippen molar-refractivity contribution in [3.8, 4) is 11.8 Å². The summed E-state index contributed by atoms with van der Waals surface area (Å²) in [7, 11) is 0. The lowest BCUT2D eigenvalue weighted by Gasteiger charge is -1.96. The Morgan fingerprint density at radius 1 is 1.31 bits per heavy atom. The lowest BCUT2D eigenvalue weighted by atomic mass is 10.1. The average Bonchev–Trinajstić information content (AvgIpc) is 2.16. The third kappa shape index (κ3) is 3.57. The molecule has 0 amide bonds. The Morgan fingerprint density at radius 3 is 2.62 bits per heavy atom. The van der Waals surface area contributed by atoms with Gasteiger partial charge < -0.3 is 0 Å². The minimum Gasteiger partial charge on any atom is -0.298 e. The highest BCUT2D eigenvalue weighted by atomic mass is 16.1. The van der Waals surface area contributed by atoms with Crippen LogP contribution in [0.5, 0.6) is 0 Å². The highest BCUT2D eigenvalue weighted by Gasteiger charge is 1.99. The van der Waals surface area contributed by atoms with E-state index in [-0.39, 0.29) is 5.78 Å². The Balaban J connectivity index is 2.49. The summed E-state index contributed by atoms with van der Waals surface area (Å²) >= 11 is 0. The third-order valence-corrected chi connectivity index (χ3v) is 1.71. The number of carbonyl (C=O) groups excluding carboxylic acids is 1. The first-order valence-electron chi connectivity index (χ1n) is 4.28. The van der Waals surface area contributed by atoms with Crippen LogP contribution in [0.4, 0.5) is 0 Å². The molecule has 0 aromatic heterocycles. The smallest absolute Gasteiger partial charge is 0.149 e. The van der Waals surface area contributed by atoms with E-state index in [1.54, 1.807) is 6.92 Å². The molecular formula is C12H12O. The van der Waals surface area contributed by atoms with Gasteiger partial charge in [0.1, 0.15) is 5.78 Å². The number of ketones is 1. The molecule has 0 saturated carbocycles. The molecule has 1 aromatic rings. The fraction of sp³-hybridized carbons (Fsp3) is 0.250. The van der Waals surface area contributed by atoms with Crippen LogP contribution >= 0.6 is 0 Å². The van der Waals surface area contributed by atoms with Crippen molar-refractivity contribution in [1.29, 1.82) is 0 Å². The van der Waals surface area contributed by atoms with Crippen LogP contribution in [-0.4, -0.2) is 5.78 Å². The van der Waals surface area contributed by atoms with Gasteiger partial charge in [-0.2, -0.15) is 0 Å². The van der Waals surface area contributed by atoms with E-state index in [2.05, 4.69) is 11.8 Å². The molecule has 0 fully saturated rings. The molecule has 0 heterocycles. The summed E-state index contributed by atoms with van der Waals surface area (Å²) in [5, 5.41) is 0. The van der Waals surface area contributed by atoms with Crippen molar-refractivity contribution in [2.45, 2.75) is 19.8 Å². The molecule has 0 spiro atoms. The van der Waals surface area contributed by atoms with E-state index < -0.39 is 0 Å². The maximum atomic E-state index is 11.3. The molecule has 66 valence electrons. The molecule has 13 heavy (non-hydrogen) atoms. The van der Waals surface area contributed by atoms with Crippen LogP contribution in [0.3, 0.4) is 0 Å². The Morgan fingerprint density at radius 2 is 2.00 bits per heavy atom. The molecule has 0 aliphatic rings. The second-order valence-corrected chi connectivity index (χ2v) is 2.80. The Kier molecular flexibility index (Phi) is 3.78. The predicted molar refractivity (Wildman–Crippen MR) is 53.2 cm³/mol. The molecule has 0 bridgehead atoms. The molecule has 0 unspecified atom stereocenters. The number of rotatable bonds is 3. The van der Waals surface area contributed by atoms with Crippen LogP contribution in [0.25, 0.3) is 0 Å². The first-order chi connectivity index (χ1) is 6.33. The van der Waals surface area contributed by atoms with Crippen LogP contribution in [0.1, 0.15) is 18.9 Å². The zero-order chi connectivity index (χ0) is 9.52. The van der Waals surface area contributed by atoms with Gasteiger partial charge in [-0.15, -0.1) is 5.92 Å². The van der Waals surface area contributed by atoms with Crippen LogP contribution in [-0.2, 0) is 11.2 Å². The molecule has 0 aliphatic carbocycles. The normalized spacial score (nSPS) is 8.69. The van der Waals surface area contributed by atoms with Gasteiger partial charge in [0, 0.05) is 6.42 Å². The summed E-state index contributed by atoms with van der Waals surface area (Å²) in [6, 6.07) is 9.73. The van der Waals surface area contributed by atoms with Gasteiger partial charge in [-0.1, -0.05) is 36.3 Å². The predicted octanol–water partition coefficient (Wildman–Crippen LogP) is 2.21. The first-order valence-corrected chi connectivity index (χ1v) is 4.28. The van der Waals surface area contributed by atoms with Crippen LogP contribution in [0.2, 0.25) is 0 Å². The molecule has 1 heteroatoms. The van der Waals surface area contributed by atoms with Crippen molar-refractivity contribution >= 4 is 5.78 Å². The highest BCUT2D eigenvalue weighted by Crippen LogP contribution is 2.01. The van der Waals surface area contributed by atoms with Crippen LogP contribution in [0.15, 0.2) is 30.3 Å². The second-order valence-electron chi connectivity index (χ2n) is 2.80. The third-order valence-electron chi connectivity index (χ3n) is 1.71. The summed E-state index contributed by atoms with van der Waals surface area (Å²) in [5.74, 6) is 5.66. The number of hydrogen-bond acceptors (Lipinski definition) is 1. The van der Waals surface area contributed by atoms with Crippen LogP contribution < -0.4 is 0 Å². The van der Waals surface area contributed by atoms with Crippen LogP contribution in [0, 0.1) is 11.8 Å². The van der Waals surface area contributed by atoms with Crippen molar-refractivity contribution in [3.05, 3.63) is 35.9 Å². The minimum absolute atomic E-state index is 0.181. The molecular weight excluding hydrogens is 160 g/mol. The number of carbonyl (C=O) groups is 1. The molecule has 1 aromatic carbocycles. The number of hydrogen-bond donors (Lipinski definition) is 0. The van der Waals surface area contributed by atoms with E-state index >= 15 is 0 Å². The summed E-state index contributed by atoms with van der Waals surface area (Å²) in [5.41, 5.74) is 1.06. The lowest BCUT2D eigenvalue weighted by Crippen LogP contribution is -2.00. The van der Waals surface area contributed by atoms with Crippen molar-refractivity contribution in [3.63, 3.8) is 0 Å². The van der Waals surface area contributed by atoms with Crippen molar-refractivity contribution in [2.75, 3.05) is 0 Å². The van der Waals surface area contributed by atoms with Crippen molar-refractivity contribution in [2.24, 2.45) is 0 Å². The second kappa shape index (κ2) is 5.16. The molecule has 0 saturated heterocycles. The Labute approximate surface area is 78.8 Å². The topological polar surface area (TPSA) is 17.1 Å². The molecule has 0 atom stereocenters. The first kappa shape index (κ1) is 9.54. The fourth-order valence-electron chi connectivity index (χ4n) is 1.07. The van der Waals surface area contributed by atoms with Gasteiger partial charge >= 0.3 is 0 Å². The van der Waals surface area contributed by atoms with Crippen molar-refractivity contribution < 1.29 is 4.79 Å². The van der Waals surface area contributed by atoms with E-state index in [4.69, 9.17) is 0 Å². The minimum atomic E-state index is 0.181. The summed E-state index contributed by atoms with van der Waals surface area (Å²) in [6.45, 7) is 1.75. The zero-order valence-electron chi connectivity index (χ0n) is 7.71. The molecule has 0 N–H and O–H groups in total. The fourth-order valence-corrected chi connectivity index (χ4v) is 1.07. The Hall–Kier alpha value is -1.55. The summed E-state index contributed by atoms with van der Waals surface area (Å²) in [4.78, 5) is 11.3. The molecule has 1 nitrogen and oxygen atoms in total.